The van der Waals surface area contributed by atoms with E-state index in [9.17, 15) is 20.1 Å². The molecule has 0 amide bonds. The van der Waals surface area contributed by atoms with Crippen molar-refractivity contribution in [3.05, 3.63) is 58.5 Å². The second-order valence-corrected chi connectivity index (χ2v) is 7.52. The maximum atomic E-state index is 12.4. The summed E-state index contributed by atoms with van der Waals surface area (Å²) in [7, 11) is 0. The van der Waals surface area contributed by atoms with E-state index in [-0.39, 0.29) is 41.7 Å². The van der Waals surface area contributed by atoms with Crippen LogP contribution in [0.5, 0.6) is 11.5 Å². The topological polar surface area (TPSA) is 102 Å². The number of aliphatic hydroxyl groups is 1. The number of fused-ring (bicyclic) bond motifs is 1. The van der Waals surface area contributed by atoms with Crippen LogP contribution in [0.15, 0.2) is 47.3 Å². The zero-order valence-corrected chi connectivity index (χ0v) is 17.0. The number of aliphatic hydroxyl groups excluding tert-OH is 1. The number of halogens is 1. The molecule has 0 spiro atoms. The SMILES string of the molecule is CC(C(O)c1ccc(O)c(O)c1)N1CCC(n2c(=O)[nH]c3ccccc32)CC1.Cl. The second-order valence-electron chi connectivity index (χ2n) is 7.52. The van der Waals surface area contributed by atoms with Crippen molar-refractivity contribution >= 4 is 23.4 Å². The van der Waals surface area contributed by atoms with Gasteiger partial charge in [0.1, 0.15) is 0 Å². The number of aromatic amines is 1. The maximum Gasteiger partial charge on any atom is 0.326 e. The first-order valence-corrected chi connectivity index (χ1v) is 9.59. The van der Waals surface area contributed by atoms with Crippen LogP contribution in [0.1, 0.15) is 37.5 Å². The molecule has 2 unspecified atom stereocenters. The lowest BCUT2D eigenvalue weighted by molar-refractivity contribution is 0.0385. The Morgan fingerprint density at radius 1 is 1.07 bits per heavy atom. The molecule has 2 heterocycles. The number of aromatic nitrogens is 2. The minimum absolute atomic E-state index is 0. The lowest BCUT2D eigenvalue weighted by Crippen LogP contribution is -2.44. The summed E-state index contributed by atoms with van der Waals surface area (Å²) in [5.74, 6) is -0.435. The van der Waals surface area contributed by atoms with Gasteiger partial charge in [0.2, 0.25) is 0 Å². The Morgan fingerprint density at radius 2 is 1.76 bits per heavy atom. The van der Waals surface area contributed by atoms with Crippen LogP contribution >= 0.6 is 12.4 Å². The number of rotatable bonds is 4. The van der Waals surface area contributed by atoms with Crippen LogP contribution in [0.25, 0.3) is 11.0 Å². The Bertz CT molecular complexity index is 1040. The molecule has 0 saturated carbocycles. The van der Waals surface area contributed by atoms with E-state index >= 15 is 0 Å². The molecule has 7 nitrogen and oxygen atoms in total. The van der Waals surface area contributed by atoms with Gasteiger partial charge in [0.15, 0.2) is 11.5 Å². The highest BCUT2D eigenvalue weighted by molar-refractivity contribution is 5.85. The average molecular weight is 420 g/mol. The minimum Gasteiger partial charge on any atom is -0.504 e. The molecule has 0 bridgehead atoms. The molecule has 2 aromatic carbocycles. The fraction of sp³-hybridized carbons (Fsp3) is 0.381. The predicted molar refractivity (Wildman–Crippen MR) is 114 cm³/mol. The van der Waals surface area contributed by atoms with Crippen molar-refractivity contribution in [2.45, 2.75) is 38.0 Å². The van der Waals surface area contributed by atoms with Crippen molar-refractivity contribution in [2.24, 2.45) is 0 Å². The summed E-state index contributed by atoms with van der Waals surface area (Å²) >= 11 is 0. The van der Waals surface area contributed by atoms with E-state index in [4.69, 9.17) is 0 Å². The molecule has 1 aromatic heterocycles. The summed E-state index contributed by atoms with van der Waals surface area (Å²) in [5, 5.41) is 29.8. The molecule has 156 valence electrons. The Kier molecular flexibility index (Phi) is 6.21. The number of piperidine rings is 1. The highest BCUT2D eigenvalue weighted by Gasteiger charge is 2.29. The quantitative estimate of drug-likeness (QED) is 0.487. The molecule has 0 aliphatic carbocycles. The number of benzene rings is 2. The molecule has 1 fully saturated rings. The van der Waals surface area contributed by atoms with Crippen molar-refractivity contribution in [2.75, 3.05) is 13.1 Å². The fourth-order valence-corrected chi connectivity index (χ4v) is 4.19. The number of phenolic OH excluding ortho intramolecular Hbond substituents is 2. The molecule has 3 aromatic rings. The Morgan fingerprint density at radius 3 is 2.45 bits per heavy atom. The van der Waals surface area contributed by atoms with Gasteiger partial charge < -0.3 is 20.3 Å². The highest BCUT2D eigenvalue weighted by Crippen LogP contribution is 2.32. The lowest BCUT2D eigenvalue weighted by atomic mass is 9.97. The number of phenols is 2. The minimum atomic E-state index is -0.779. The van der Waals surface area contributed by atoms with Crippen LogP contribution in [-0.2, 0) is 0 Å². The number of hydrogen-bond donors (Lipinski definition) is 4. The number of nitrogens with zero attached hydrogens (tertiary/aromatic N) is 2. The molecule has 1 aliphatic heterocycles. The van der Waals surface area contributed by atoms with Crippen LogP contribution in [0.4, 0.5) is 0 Å². The number of nitrogens with one attached hydrogen (secondary N) is 1. The molecule has 8 heteroatoms. The van der Waals surface area contributed by atoms with Gasteiger partial charge in [-0.2, -0.15) is 0 Å². The number of H-pyrrole nitrogens is 1. The monoisotopic (exact) mass is 419 g/mol. The van der Waals surface area contributed by atoms with Crippen LogP contribution in [0.3, 0.4) is 0 Å². The summed E-state index contributed by atoms with van der Waals surface area (Å²) in [4.78, 5) is 17.5. The number of likely N-dealkylation sites (tertiary alicyclic amines) is 1. The van der Waals surface area contributed by atoms with E-state index < -0.39 is 6.10 Å². The van der Waals surface area contributed by atoms with Crippen molar-refractivity contribution < 1.29 is 15.3 Å². The Labute approximate surface area is 174 Å². The molecule has 2 atom stereocenters. The van der Waals surface area contributed by atoms with Gasteiger partial charge in [-0.1, -0.05) is 18.2 Å². The molecular formula is C21H26ClN3O4. The third kappa shape index (κ3) is 3.99. The molecule has 1 aliphatic rings. The van der Waals surface area contributed by atoms with Gasteiger partial charge in [-0.15, -0.1) is 12.4 Å². The number of para-hydroxylation sites is 2. The molecule has 29 heavy (non-hydrogen) atoms. The molecule has 1 saturated heterocycles. The summed E-state index contributed by atoms with van der Waals surface area (Å²) < 4.78 is 1.85. The van der Waals surface area contributed by atoms with Crippen LogP contribution in [0.2, 0.25) is 0 Å². The largest absolute Gasteiger partial charge is 0.504 e. The van der Waals surface area contributed by atoms with Crippen LogP contribution in [0, 0.1) is 0 Å². The summed E-state index contributed by atoms with van der Waals surface area (Å²) in [6, 6.07) is 12.1. The second kappa shape index (κ2) is 8.49. The van der Waals surface area contributed by atoms with Crippen molar-refractivity contribution in [3.8, 4) is 11.5 Å². The van der Waals surface area contributed by atoms with Gasteiger partial charge >= 0.3 is 5.69 Å². The highest BCUT2D eigenvalue weighted by atomic mass is 35.5. The van der Waals surface area contributed by atoms with Gasteiger partial charge in [-0.3, -0.25) is 9.47 Å². The molecule has 4 N–H and O–H groups in total. The normalized spacial score (nSPS) is 17.7. The lowest BCUT2D eigenvalue weighted by Gasteiger charge is -2.38. The smallest absolute Gasteiger partial charge is 0.326 e. The van der Waals surface area contributed by atoms with Gasteiger partial charge in [0.05, 0.1) is 17.1 Å². The summed E-state index contributed by atoms with van der Waals surface area (Å²) in [6.07, 6.45) is 0.859. The predicted octanol–water partition coefficient (Wildman–Crippen LogP) is 2.92. The summed E-state index contributed by atoms with van der Waals surface area (Å²) in [6.45, 7) is 3.48. The van der Waals surface area contributed by atoms with Crippen molar-refractivity contribution in [1.29, 1.82) is 0 Å². The van der Waals surface area contributed by atoms with Crippen molar-refractivity contribution in [1.82, 2.24) is 14.5 Å². The number of imidazole rings is 1. The third-order valence-electron chi connectivity index (χ3n) is 5.86. The van der Waals surface area contributed by atoms with E-state index in [1.807, 2.05) is 35.8 Å². The van der Waals surface area contributed by atoms with E-state index in [1.165, 1.54) is 12.1 Å². The van der Waals surface area contributed by atoms with Gasteiger partial charge in [0, 0.05) is 25.2 Å². The fourth-order valence-electron chi connectivity index (χ4n) is 4.19. The first kappa shape index (κ1) is 21.2. The molecular weight excluding hydrogens is 394 g/mol. The van der Waals surface area contributed by atoms with Crippen LogP contribution in [-0.4, -0.2) is 48.9 Å². The first-order chi connectivity index (χ1) is 13.5. The zero-order valence-electron chi connectivity index (χ0n) is 16.2. The van der Waals surface area contributed by atoms with E-state index in [1.54, 1.807) is 6.07 Å². The standard InChI is InChI=1S/C21H25N3O4.ClH/c1-13(20(27)14-6-7-18(25)19(26)12-14)23-10-8-15(9-11-23)24-17-5-3-2-4-16(17)22-21(24)28;/h2-7,12-13,15,20,25-27H,8-11H2,1H3,(H,22,28);1H. The number of hydrogen-bond acceptors (Lipinski definition) is 5. The average Bonchev–Trinajstić information content (AvgIpc) is 3.04. The first-order valence-electron chi connectivity index (χ1n) is 9.59. The maximum absolute atomic E-state index is 12.4. The van der Waals surface area contributed by atoms with Gasteiger partial charge in [-0.05, 0) is 49.6 Å². The third-order valence-corrected chi connectivity index (χ3v) is 5.86. The summed E-state index contributed by atoms with van der Waals surface area (Å²) in [5.41, 5.74) is 2.27. The van der Waals surface area contributed by atoms with E-state index in [0.717, 1.165) is 37.0 Å². The van der Waals surface area contributed by atoms with E-state index in [2.05, 4.69) is 9.88 Å². The molecule has 4 rings (SSSR count). The van der Waals surface area contributed by atoms with Gasteiger partial charge in [0.25, 0.3) is 0 Å². The van der Waals surface area contributed by atoms with Gasteiger partial charge in [-0.25, -0.2) is 4.79 Å². The number of aromatic hydroxyl groups is 2. The Balaban J connectivity index is 0.00000240. The zero-order chi connectivity index (χ0) is 19.8. The van der Waals surface area contributed by atoms with E-state index in [0.29, 0.717) is 5.56 Å². The molecule has 0 radical (unpaired) electrons. The van der Waals surface area contributed by atoms with Crippen LogP contribution < -0.4 is 5.69 Å². The Hall–Kier alpha value is -2.48. The van der Waals surface area contributed by atoms with Crippen molar-refractivity contribution in [3.63, 3.8) is 0 Å².